The number of rotatable bonds is 6. The number of carbonyl (C=O) groups excluding carboxylic acids is 1. The molecule has 1 aliphatic rings. The Morgan fingerprint density at radius 3 is 2.29 bits per heavy atom. The van der Waals surface area contributed by atoms with Crippen LogP contribution in [0.15, 0.2) is 76.0 Å². The van der Waals surface area contributed by atoms with Crippen molar-refractivity contribution in [2.45, 2.75) is 11.5 Å². The van der Waals surface area contributed by atoms with Crippen molar-refractivity contribution in [3.63, 3.8) is 0 Å². The Morgan fingerprint density at radius 2 is 1.61 bits per heavy atom. The van der Waals surface area contributed by atoms with Gasteiger partial charge in [0.2, 0.25) is 10.0 Å². The van der Waals surface area contributed by atoms with Gasteiger partial charge in [0, 0.05) is 26.2 Å². The van der Waals surface area contributed by atoms with Crippen LogP contribution in [0.1, 0.15) is 16.3 Å². The highest BCUT2D eigenvalue weighted by molar-refractivity contribution is 7.89. The molecule has 0 aliphatic carbocycles. The van der Waals surface area contributed by atoms with E-state index in [0.29, 0.717) is 11.5 Å². The number of amides is 1. The molecule has 0 unspecified atom stereocenters. The van der Waals surface area contributed by atoms with E-state index in [-0.39, 0.29) is 55.2 Å². The molecule has 2 aromatic carbocycles. The van der Waals surface area contributed by atoms with E-state index < -0.39 is 10.0 Å². The second-order valence-corrected chi connectivity index (χ2v) is 8.96. The van der Waals surface area contributed by atoms with E-state index in [0.717, 1.165) is 0 Å². The van der Waals surface area contributed by atoms with Crippen molar-refractivity contribution in [1.82, 2.24) is 9.21 Å². The number of furan rings is 1. The summed E-state index contributed by atoms with van der Waals surface area (Å²) in [6.45, 7) is 1.07. The maximum atomic E-state index is 12.9. The zero-order valence-corrected chi connectivity index (χ0v) is 17.4. The molecule has 4 rings (SSSR count). The summed E-state index contributed by atoms with van der Waals surface area (Å²) in [6.07, 6.45) is 0. The monoisotopic (exact) mass is 444 g/mol. The molecule has 0 saturated carbocycles. The zero-order chi connectivity index (χ0) is 21.8. The third-order valence-corrected chi connectivity index (χ3v) is 6.89. The van der Waals surface area contributed by atoms with Gasteiger partial charge in [-0.3, -0.25) is 4.79 Å². The van der Waals surface area contributed by atoms with Crippen molar-refractivity contribution in [3.8, 4) is 5.75 Å². The third-order valence-electron chi connectivity index (χ3n) is 4.97. The zero-order valence-electron chi connectivity index (χ0n) is 16.6. The lowest BCUT2D eigenvalue weighted by molar-refractivity contribution is 0.0662. The standard InChI is InChI=1S/C22H21FN2O5S/c23-17-6-8-18(9-7-17)29-16-19-10-11-21(30-19)22(26)24-12-14-25(15-13-24)31(27,28)20-4-2-1-3-5-20/h1-11H,12-16H2. The lowest BCUT2D eigenvalue weighted by atomic mass is 10.3. The Kier molecular flexibility index (Phi) is 6.06. The first-order valence-corrected chi connectivity index (χ1v) is 11.2. The van der Waals surface area contributed by atoms with Gasteiger partial charge in [0.1, 0.15) is 23.9 Å². The van der Waals surface area contributed by atoms with Crippen LogP contribution in [-0.2, 0) is 16.6 Å². The van der Waals surface area contributed by atoms with Crippen LogP contribution in [0.5, 0.6) is 5.75 Å². The summed E-state index contributed by atoms with van der Waals surface area (Å²) in [7, 11) is -3.58. The molecule has 0 spiro atoms. The number of nitrogens with zero attached hydrogens (tertiary/aromatic N) is 2. The third kappa shape index (κ3) is 4.78. The summed E-state index contributed by atoms with van der Waals surface area (Å²) in [4.78, 5) is 14.5. The molecule has 7 nitrogen and oxygen atoms in total. The van der Waals surface area contributed by atoms with Gasteiger partial charge in [0.15, 0.2) is 5.76 Å². The topological polar surface area (TPSA) is 80.1 Å². The molecule has 3 aromatic rings. The quantitative estimate of drug-likeness (QED) is 0.584. The van der Waals surface area contributed by atoms with Gasteiger partial charge in [-0.2, -0.15) is 4.31 Å². The molecular weight excluding hydrogens is 423 g/mol. The average Bonchev–Trinajstić information content (AvgIpc) is 3.28. The van der Waals surface area contributed by atoms with Crippen molar-refractivity contribution >= 4 is 15.9 Å². The summed E-state index contributed by atoms with van der Waals surface area (Å²) in [5.74, 6) is 0.455. The van der Waals surface area contributed by atoms with Gasteiger partial charge >= 0.3 is 0 Å². The predicted molar refractivity (Wildman–Crippen MR) is 111 cm³/mol. The van der Waals surface area contributed by atoms with Gasteiger partial charge < -0.3 is 14.1 Å². The number of ether oxygens (including phenoxy) is 1. The van der Waals surface area contributed by atoms with Crippen LogP contribution in [0, 0.1) is 5.82 Å². The minimum absolute atomic E-state index is 0.0992. The van der Waals surface area contributed by atoms with E-state index >= 15 is 0 Å². The van der Waals surface area contributed by atoms with Crippen LogP contribution in [0.4, 0.5) is 4.39 Å². The minimum atomic E-state index is -3.58. The lowest BCUT2D eigenvalue weighted by Crippen LogP contribution is -2.50. The van der Waals surface area contributed by atoms with Crippen molar-refractivity contribution in [2.75, 3.05) is 26.2 Å². The van der Waals surface area contributed by atoms with Crippen molar-refractivity contribution in [3.05, 3.63) is 84.1 Å². The first kappa shape index (κ1) is 21.1. The van der Waals surface area contributed by atoms with E-state index in [1.165, 1.54) is 28.6 Å². The highest BCUT2D eigenvalue weighted by Crippen LogP contribution is 2.20. The SMILES string of the molecule is O=C(c1ccc(COc2ccc(F)cc2)o1)N1CCN(S(=O)(=O)c2ccccc2)CC1. The molecule has 1 amide bonds. The van der Waals surface area contributed by atoms with Gasteiger partial charge in [-0.15, -0.1) is 0 Å². The molecule has 9 heteroatoms. The Hall–Kier alpha value is -3.17. The van der Waals surface area contributed by atoms with Crippen molar-refractivity contribution in [2.24, 2.45) is 0 Å². The van der Waals surface area contributed by atoms with Crippen LogP contribution < -0.4 is 4.74 Å². The lowest BCUT2D eigenvalue weighted by Gasteiger charge is -2.33. The van der Waals surface area contributed by atoms with Gasteiger partial charge in [-0.25, -0.2) is 12.8 Å². The van der Waals surface area contributed by atoms with Gasteiger partial charge in [-0.05, 0) is 48.5 Å². The largest absolute Gasteiger partial charge is 0.486 e. The number of benzene rings is 2. The Balaban J connectivity index is 1.33. The number of halogens is 1. The normalized spacial score (nSPS) is 15.1. The first-order chi connectivity index (χ1) is 14.9. The van der Waals surface area contributed by atoms with E-state index in [4.69, 9.17) is 9.15 Å². The highest BCUT2D eigenvalue weighted by atomic mass is 32.2. The van der Waals surface area contributed by atoms with Crippen LogP contribution in [0.3, 0.4) is 0 Å². The van der Waals surface area contributed by atoms with E-state index in [9.17, 15) is 17.6 Å². The summed E-state index contributed by atoms with van der Waals surface area (Å²) in [5.41, 5.74) is 0. The molecule has 162 valence electrons. The molecule has 1 fully saturated rings. The summed E-state index contributed by atoms with van der Waals surface area (Å²) in [6, 6.07) is 17.1. The van der Waals surface area contributed by atoms with Gasteiger partial charge in [-0.1, -0.05) is 18.2 Å². The maximum Gasteiger partial charge on any atom is 0.289 e. The fraction of sp³-hybridized carbons (Fsp3) is 0.227. The van der Waals surface area contributed by atoms with Crippen LogP contribution in [0.25, 0.3) is 0 Å². The summed E-state index contributed by atoms with van der Waals surface area (Å²) < 4.78 is 50.9. The number of sulfonamides is 1. The molecule has 0 bridgehead atoms. The molecule has 0 N–H and O–H groups in total. The second-order valence-electron chi connectivity index (χ2n) is 7.02. The van der Waals surface area contributed by atoms with E-state index in [2.05, 4.69) is 0 Å². The van der Waals surface area contributed by atoms with Crippen LogP contribution in [-0.4, -0.2) is 49.7 Å². The van der Waals surface area contributed by atoms with E-state index in [1.54, 1.807) is 47.4 Å². The Morgan fingerprint density at radius 1 is 0.935 bits per heavy atom. The second kappa shape index (κ2) is 8.91. The molecule has 0 radical (unpaired) electrons. The predicted octanol–water partition coefficient (Wildman–Crippen LogP) is 3.14. The molecule has 31 heavy (non-hydrogen) atoms. The molecule has 1 saturated heterocycles. The van der Waals surface area contributed by atoms with Gasteiger partial charge in [0.25, 0.3) is 5.91 Å². The molecule has 1 aromatic heterocycles. The number of piperazine rings is 1. The summed E-state index contributed by atoms with van der Waals surface area (Å²) in [5, 5.41) is 0. The van der Waals surface area contributed by atoms with Gasteiger partial charge in [0.05, 0.1) is 4.90 Å². The summed E-state index contributed by atoms with van der Waals surface area (Å²) >= 11 is 0. The van der Waals surface area contributed by atoms with Crippen molar-refractivity contribution in [1.29, 1.82) is 0 Å². The highest BCUT2D eigenvalue weighted by Gasteiger charge is 2.31. The fourth-order valence-corrected chi connectivity index (χ4v) is 4.73. The Bertz CT molecular complexity index is 1140. The van der Waals surface area contributed by atoms with Crippen molar-refractivity contribution < 1.29 is 26.8 Å². The number of hydrogen-bond acceptors (Lipinski definition) is 5. The number of carbonyl (C=O) groups is 1. The molecule has 0 atom stereocenters. The smallest absolute Gasteiger partial charge is 0.289 e. The van der Waals surface area contributed by atoms with Crippen LogP contribution in [0.2, 0.25) is 0 Å². The first-order valence-electron chi connectivity index (χ1n) is 9.75. The average molecular weight is 444 g/mol. The minimum Gasteiger partial charge on any atom is -0.486 e. The Labute approximate surface area is 179 Å². The maximum absolute atomic E-state index is 12.9. The molecule has 1 aliphatic heterocycles. The van der Waals surface area contributed by atoms with E-state index in [1.807, 2.05) is 0 Å². The number of hydrogen-bond donors (Lipinski definition) is 0. The van der Waals surface area contributed by atoms with Crippen LogP contribution >= 0.6 is 0 Å². The molecular formula is C22H21FN2O5S. The molecule has 2 heterocycles. The fourth-order valence-electron chi connectivity index (χ4n) is 3.28.